The Balaban J connectivity index is 1.70. The Morgan fingerprint density at radius 2 is 1.91 bits per heavy atom. The smallest absolute Gasteiger partial charge is 0.410 e. The van der Waals surface area contributed by atoms with Gasteiger partial charge in [-0.05, 0) is 70.6 Å². The van der Waals surface area contributed by atoms with E-state index >= 15 is 0 Å². The van der Waals surface area contributed by atoms with Gasteiger partial charge in [0.15, 0.2) is 0 Å². The van der Waals surface area contributed by atoms with Crippen LogP contribution < -0.4 is 5.56 Å². The van der Waals surface area contributed by atoms with Gasteiger partial charge in [0.1, 0.15) is 5.60 Å². The van der Waals surface area contributed by atoms with E-state index in [-0.39, 0.29) is 22.9 Å². The zero-order valence-corrected chi connectivity index (χ0v) is 19.9. The van der Waals surface area contributed by atoms with Crippen molar-refractivity contribution in [2.24, 2.45) is 0 Å². The van der Waals surface area contributed by atoms with Crippen molar-refractivity contribution in [1.82, 2.24) is 14.2 Å². The zero-order chi connectivity index (χ0) is 23.3. The van der Waals surface area contributed by atoms with E-state index in [0.717, 1.165) is 18.4 Å². The van der Waals surface area contributed by atoms with Gasteiger partial charge in [-0.25, -0.2) is 13.2 Å². The molecule has 0 bridgehead atoms. The Morgan fingerprint density at radius 1 is 1.19 bits per heavy atom. The number of hydrogen-bond donors (Lipinski definition) is 1. The molecule has 8 nitrogen and oxygen atoms in total. The number of amides is 1. The topological polar surface area (TPSA) is 99.8 Å². The van der Waals surface area contributed by atoms with Gasteiger partial charge in [0.2, 0.25) is 10.0 Å². The van der Waals surface area contributed by atoms with Crippen LogP contribution in [0.1, 0.15) is 58.4 Å². The third-order valence-electron chi connectivity index (χ3n) is 5.96. The maximum Gasteiger partial charge on any atom is 0.410 e. The number of carbonyl (C=O) groups excluding carboxylic acids is 1. The molecule has 2 heterocycles. The molecule has 0 unspecified atom stereocenters. The van der Waals surface area contributed by atoms with Gasteiger partial charge in [-0.2, -0.15) is 4.31 Å². The van der Waals surface area contributed by atoms with Gasteiger partial charge in [0, 0.05) is 42.6 Å². The van der Waals surface area contributed by atoms with Gasteiger partial charge in [-0.1, -0.05) is 6.07 Å². The highest BCUT2D eigenvalue weighted by Gasteiger charge is 2.37. The minimum absolute atomic E-state index is 0.167. The number of hydrogen-bond acceptors (Lipinski definition) is 5. The van der Waals surface area contributed by atoms with Crippen LogP contribution >= 0.6 is 0 Å². The maximum absolute atomic E-state index is 13.9. The molecule has 1 aromatic heterocycles. The molecule has 1 saturated heterocycles. The normalized spacial score (nSPS) is 20.9. The SMILES string of the molecule is C[C@@H]1CN(C(=O)OC(C)(C)C)CCCN1S(=O)(=O)c1cccc2c(=O)[nH]cc(C3CC3)c12. The summed E-state index contributed by atoms with van der Waals surface area (Å²) in [6.07, 6.45) is 3.71. The third-order valence-corrected chi connectivity index (χ3v) is 8.01. The first-order chi connectivity index (χ1) is 15.0. The number of nitrogens with zero attached hydrogens (tertiary/aromatic N) is 2. The molecule has 174 valence electrons. The summed E-state index contributed by atoms with van der Waals surface area (Å²) in [5.74, 6) is 0.273. The van der Waals surface area contributed by atoms with E-state index in [1.54, 1.807) is 36.2 Å². The van der Waals surface area contributed by atoms with E-state index < -0.39 is 27.8 Å². The van der Waals surface area contributed by atoms with Gasteiger partial charge in [0.05, 0.1) is 4.90 Å². The molecule has 1 saturated carbocycles. The standard InChI is InChI=1S/C23H31N3O5S/c1-15-14-25(22(28)31-23(2,3)4)11-6-12-26(15)32(29,30)19-8-5-7-17-20(19)18(16-9-10-16)13-24-21(17)27/h5,7-8,13,15-16H,6,9-12,14H2,1-4H3,(H,24,27)/t15-/m1/s1. The number of fused-ring (bicyclic) bond motifs is 1. The first kappa shape index (κ1) is 22.8. The summed E-state index contributed by atoms with van der Waals surface area (Å²) in [5, 5.41) is 0.924. The fourth-order valence-electron chi connectivity index (χ4n) is 4.36. The number of nitrogens with one attached hydrogen (secondary N) is 1. The average Bonchev–Trinajstić information content (AvgIpc) is 3.54. The molecular formula is C23H31N3O5S. The van der Waals surface area contributed by atoms with Crippen molar-refractivity contribution in [2.45, 2.75) is 69.4 Å². The van der Waals surface area contributed by atoms with Crippen molar-refractivity contribution in [3.63, 3.8) is 0 Å². The number of benzene rings is 1. The summed E-state index contributed by atoms with van der Waals surface area (Å²) in [6, 6.07) is 4.45. The summed E-state index contributed by atoms with van der Waals surface area (Å²) in [5.41, 5.74) is -0.0220. The lowest BCUT2D eigenvalue weighted by molar-refractivity contribution is 0.0244. The second-order valence-corrected chi connectivity index (χ2v) is 11.6. The highest BCUT2D eigenvalue weighted by molar-refractivity contribution is 7.89. The molecule has 1 aliphatic heterocycles. The van der Waals surface area contributed by atoms with Crippen LogP contribution in [0.2, 0.25) is 0 Å². The summed E-state index contributed by atoms with van der Waals surface area (Å²) in [4.78, 5) is 29.5. The Labute approximate surface area is 188 Å². The predicted molar refractivity (Wildman–Crippen MR) is 122 cm³/mol. The van der Waals surface area contributed by atoms with Crippen LogP contribution in [0.5, 0.6) is 0 Å². The predicted octanol–water partition coefficient (Wildman–Crippen LogP) is 3.43. The van der Waals surface area contributed by atoms with Gasteiger partial charge in [-0.15, -0.1) is 0 Å². The van der Waals surface area contributed by atoms with E-state index in [1.807, 2.05) is 20.8 Å². The van der Waals surface area contributed by atoms with Crippen LogP contribution in [0.15, 0.2) is 34.1 Å². The van der Waals surface area contributed by atoms with Crippen LogP contribution in [0.25, 0.3) is 10.8 Å². The first-order valence-corrected chi connectivity index (χ1v) is 12.6. The number of H-pyrrole nitrogens is 1. The van der Waals surface area contributed by atoms with Crippen LogP contribution in [-0.2, 0) is 14.8 Å². The van der Waals surface area contributed by atoms with Crippen molar-refractivity contribution < 1.29 is 17.9 Å². The molecule has 2 aromatic rings. The molecule has 2 aliphatic rings. The Kier molecular flexibility index (Phi) is 5.83. The molecular weight excluding hydrogens is 430 g/mol. The van der Waals surface area contributed by atoms with E-state index in [0.29, 0.717) is 30.3 Å². The van der Waals surface area contributed by atoms with Crippen LogP contribution in [0, 0.1) is 0 Å². The molecule has 1 atom stereocenters. The molecule has 9 heteroatoms. The summed E-state index contributed by atoms with van der Waals surface area (Å²) in [6.45, 7) is 8.19. The largest absolute Gasteiger partial charge is 0.444 e. The molecule has 1 aromatic carbocycles. The number of pyridine rings is 1. The van der Waals surface area contributed by atoms with E-state index in [1.165, 1.54) is 4.31 Å². The first-order valence-electron chi connectivity index (χ1n) is 11.1. The second-order valence-electron chi connectivity index (χ2n) is 9.77. The number of aromatic amines is 1. The zero-order valence-electron chi connectivity index (χ0n) is 19.1. The quantitative estimate of drug-likeness (QED) is 0.755. The van der Waals surface area contributed by atoms with Crippen molar-refractivity contribution in [3.8, 4) is 0 Å². The van der Waals surface area contributed by atoms with Gasteiger partial charge < -0.3 is 14.6 Å². The highest BCUT2D eigenvalue weighted by atomic mass is 32.2. The van der Waals surface area contributed by atoms with E-state index in [4.69, 9.17) is 4.74 Å². The van der Waals surface area contributed by atoms with Crippen LogP contribution in [0.4, 0.5) is 4.79 Å². The fraction of sp³-hybridized carbons (Fsp3) is 0.565. The van der Waals surface area contributed by atoms with Gasteiger partial charge in [0.25, 0.3) is 5.56 Å². The van der Waals surface area contributed by atoms with Crippen molar-refractivity contribution in [2.75, 3.05) is 19.6 Å². The van der Waals surface area contributed by atoms with Gasteiger partial charge >= 0.3 is 6.09 Å². The number of aromatic nitrogens is 1. The fourth-order valence-corrected chi connectivity index (χ4v) is 6.26. The Bertz CT molecular complexity index is 1190. The lowest BCUT2D eigenvalue weighted by Gasteiger charge is -2.30. The Morgan fingerprint density at radius 3 is 2.56 bits per heavy atom. The minimum Gasteiger partial charge on any atom is -0.444 e. The molecule has 0 spiro atoms. The highest BCUT2D eigenvalue weighted by Crippen LogP contribution is 2.44. The van der Waals surface area contributed by atoms with Crippen LogP contribution in [-0.4, -0.2) is 60.0 Å². The number of sulfonamides is 1. The number of carbonyl (C=O) groups is 1. The Hall–Kier alpha value is -2.39. The molecule has 4 rings (SSSR count). The molecule has 1 amide bonds. The van der Waals surface area contributed by atoms with E-state index in [2.05, 4.69) is 4.98 Å². The average molecular weight is 462 g/mol. The molecule has 0 radical (unpaired) electrons. The summed E-state index contributed by atoms with van der Waals surface area (Å²) in [7, 11) is -3.89. The summed E-state index contributed by atoms with van der Waals surface area (Å²) >= 11 is 0. The monoisotopic (exact) mass is 461 g/mol. The second kappa shape index (κ2) is 8.19. The van der Waals surface area contributed by atoms with Gasteiger partial charge in [-0.3, -0.25) is 4.79 Å². The molecule has 1 aliphatic carbocycles. The lowest BCUT2D eigenvalue weighted by Crippen LogP contribution is -2.45. The summed E-state index contributed by atoms with van der Waals surface area (Å²) < 4.78 is 34.7. The maximum atomic E-state index is 13.9. The molecule has 2 fully saturated rings. The van der Waals surface area contributed by atoms with Crippen molar-refractivity contribution in [1.29, 1.82) is 0 Å². The molecule has 1 N–H and O–H groups in total. The minimum atomic E-state index is -3.89. The van der Waals surface area contributed by atoms with Crippen molar-refractivity contribution in [3.05, 3.63) is 40.3 Å². The lowest BCUT2D eigenvalue weighted by atomic mass is 10.0. The number of ether oxygens (including phenoxy) is 1. The number of rotatable bonds is 3. The van der Waals surface area contributed by atoms with Crippen molar-refractivity contribution >= 4 is 26.9 Å². The molecule has 32 heavy (non-hydrogen) atoms. The third kappa shape index (κ3) is 4.41. The van der Waals surface area contributed by atoms with E-state index in [9.17, 15) is 18.0 Å². The van der Waals surface area contributed by atoms with Crippen LogP contribution in [0.3, 0.4) is 0 Å².